The maximum Gasteiger partial charge on any atom is 0.216 e. The molecule has 0 spiro atoms. The van der Waals surface area contributed by atoms with Crippen LogP contribution >= 0.6 is 0 Å². The van der Waals surface area contributed by atoms with Crippen LogP contribution in [0, 0.1) is 0 Å². The lowest BCUT2D eigenvalue weighted by Crippen LogP contribution is -2.34. The van der Waals surface area contributed by atoms with Crippen LogP contribution in [0.5, 0.6) is 0 Å². The SMILES string of the molecule is CC(=O)NCC(O)C(O)c1cnccc1C=O. The monoisotopic (exact) mass is 238 g/mol. The first-order valence-corrected chi connectivity index (χ1v) is 5.06. The van der Waals surface area contributed by atoms with Gasteiger partial charge in [-0.15, -0.1) is 0 Å². The fourth-order valence-electron chi connectivity index (χ4n) is 1.34. The van der Waals surface area contributed by atoms with Crippen molar-refractivity contribution in [2.24, 2.45) is 0 Å². The van der Waals surface area contributed by atoms with Crippen molar-refractivity contribution in [1.29, 1.82) is 0 Å². The molecule has 3 N–H and O–H groups in total. The summed E-state index contributed by atoms with van der Waals surface area (Å²) in [7, 11) is 0. The molecule has 0 aliphatic rings. The van der Waals surface area contributed by atoms with Crippen LogP contribution in [0.1, 0.15) is 28.9 Å². The number of aldehydes is 1. The average Bonchev–Trinajstić information content (AvgIpc) is 2.34. The maximum atomic E-state index is 10.7. The molecule has 2 unspecified atom stereocenters. The quantitative estimate of drug-likeness (QED) is 0.596. The molecule has 0 fully saturated rings. The van der Waals surface area contributed by atoms with Crippen LogP contribution in [0.15, 0.2) is 18.5 Å². The van der Waals surface area contributed by atoms with Crippen LogP contribution in [0.25, 0.3) is 0 Å². The van der Waals surface area contributed by atoms with E-state index in [9.17, 15) is 19.8 Å². The van der Waals surface area contributed by atoms with Crippen molar-refractivity contribution >= 4 is 12.2 Å². The van der Waals surface area contributed by atoms with E-state index in [1.807, 2.05) is 0 Å². The zero-order valence-corrected chi connectivity index (χ0v) is 9.33. The van der Waals surface area contributed by atoms with E-state index in [-0.39, 0.29) is 23.6 Å². The van der Waals surface area contributed by atoms with Crippen LogP contribution in [0.2, 0.25) is 0 Å². The smallest absolute Gasteiger partial charge is 0.216 e. The fraction of sp³-hybridized carbons (Fsp3) is 0.364. The zero-order valence-electron chi connectivity index (χ0n) is 9.33. The van der Waals surface area contributed by atoms with Gasteiger partial charge < -0.3 is 15.5 Å². The summed E-state index contributed by atoms with van der Waals surface area (Å²) in [5, 5.41) is 21.8. The van der Waals surface area contributed by atoms with Gasteiger partial charge in [-0.2, -0.15) is 0 Å². The molecule has 2 atom stereocenters. The summed E-state index contributed by atoms with van der Waals surface area (Å²) >= 11 is 0. The van der Waals surface area contributed by atoms with Gasteiger partial charge in [0.2, 0.25) is 5.91 Å². The van der Waals surface area contributed by atoms with Crippen molar-refractivity contribution in [3.63, 3.8) is 0 Å². The standard InChI is InChI=1S/C11H14N2O4/c1-7(15)13-5-10(16)11(17)9-4-12-3-2-8(9)6-14/h2-4,6,10-11,16-17H,5H2,1H3,(H,13,15). The highest BCUT2D eigenvalue weighted by atomic mass is 16.3. The molecular formula is C11H14N2O4. The Morgan fingerprint density at radius 3 is 2.88 bits per heavy atom. The number of pyridine rings is 1. The molecule has 0 saturated heterocycles. The van der Waals surface area contributed by atoms with E-state index in [0.29, 0.717) is 6.29 Å². The molecule has 0 bridgehead atoms. The van der Waals surface area contributed by atoms with E-state index in [1.165, 1.54) is 25.4 Å². The number of nitrogens with one attached hydrogen (secondary N) is 1. The zero-order chi connectivity index (χ0) is 12.8. The minimum Gasteiger partial charge on any atom is -0.388 e. The van der Waals surface area contributed by atoms with Crippen molar-refractivity contribution in [2.45, 2.75) is 19.1 Å². The molecule has 6 nitrogen and oxygen atoms in total. The molecule has 0 saturated carbocycles. The molecule has 1 heterocycles. The van der Waals surface area contributed by atoms with E-state index in [2.05, 4.69) is 10.3 Å². The van der Waals surface area contributed by atoms with Gasteiger partial charge in [-0.1, -0.05) is 0 Å². The fourth-order valence-corrected chi connectivity index (χ4v) is 1.34. The van der Waals surface area contributed by atoms with Crippen LogP contribution in [-0.4, -0.2) is 40.0 Å². The number of aliphatic hydroxyl groups excluding tert-OH is 2. The second kappa shape index (κ2) is 6.07. The van der Waals surface area contributed by atoms with E-state index in [0.717, 1.165) is 0 Å². The molecule has 92 valence electrons. The topological polar surface area (TPSA) is 99.5 Å². The number of nitrogens with zero attached hydrogens (tertiary/aromatic N) is 1. The number of hydrogen-bond donors (Lipinski definition) is 3. The number of carbonyl (C=O) groups is 2. The second-order valence-electron chi connectivity index (χ2n) is 3.57. The summed E-state index contributed by atoms with van der Waals surface area (Å²) in [5.74, 6) is -0.307. The first kappa shape index (κ1) is 13.3. The third-order valence-electron chi connectivity index (χ3n) is 2.26. The van der Waals surface area contributed by atoms with Gasteiger partial charge in [-0.3, -0.25) is 14.6 Å². The normalized spacial score (nSPS) is 13.8. The molecule has 0 aliphatic heterocycles. The van der Waals surface area contributed by atoms with Crippen molar-refractivity contribution in [1.82, 2.24) is 10.3 Å². The lowest BCUT2D eigenvalue weighted by Gasteiger charge is -2.19. The molecule has 0 aliphatic carbocycles. The van der Waals surface area contributed by atoms with Crippen molar-refractivity contribution < 1.29 is 19.8 Å². The Bertz CT molecular complexity index is 408. The Kier molecular flexibility index (Phi) is 4.74. The molecule has 6 heteroatoms. The van der Waals surface area contributed by atoms with Gasteiger partial charge in [-0.05, 0) is 6.07 Å². The Hall–Kier alpha value is -1.79. The van der Waals surface area contributed by atoms with Gasteiger partial charge in [0.05, 0.1) is 0 Å². The van der Waals surface area contributed by atoms with Gasteiger partial charge in [0.15, 0.2) is 6.29 Å². The maximum absolute atomic E-state index is 10.7. The van der Waals surface area contributed by atoms with Gasteiger partial charge >= 0.3 is 0 Å². The van der Waals surface area contributed by atoms with Crippen molar-refractivity contribution in [3.8, 4) is 0 Å². The van der Waals surface area contributed by atoms with Crippen molar-refractivity contribution in [3.05, 3.63) is 29.6 Å². The lowest BCUT2D eigenvalue weighted by atomic mass is 10.0. The second-order valence-corrected chi connectivity index (χ2v) is 3.57. The molecular weight excluding hydrogens is 224 g/mol. The first-order chi connectivity index (χ1) is 8.06. The average molecular weight is 238 g/mol. The number of rotatable bonds is 5. The van der Waals surface area contributed by atoms with Crippen molar-refractivity contribution in [2.75, 3.05) is 6.54 Å². The molecule has 1 rings (SSSR count). The third-order valence-corrected chi connectivity index (χ3v) is 2.26. The summed E-state index contributed by atoms with van der Waals surface area (Å²) in [4.78, 5) is 25.2. The van der Waals surface area contributed by atoms with Crippen LogP contribution in [0.3, 0.4) is 0 Å². The number of aromatic nitrogens is 1. The summed E-state index contributed by atoms with van der Waals surface area (Å²) in [6.45, 7) is 1.21. The molecule has 0 aromatic carbocycles. The summed E-state index contributed by atoms with van der Waals surface area (Å²) in [5.41, 5.74) is 0.495. The highest BCUT2D eigenvalue weighted by molar-refractivity contribution is 5.77. The highest BCUT2D eigenvalue weighted by Gasteiger charge is 2.21. The molecule has 0 radical (unpaired) electrons. The van der Waals surface area contributed by atoms with Gasteiger partial charge in [0.25, 0.3) is 0 Å². The Morgan fingerprint density at radius 2 is 2.29 bits per heavy atom. The summed E-state index contributed by atoms with van der Waals surface area (Å²) in [6.07, 6.45) is 0.842. The largest absolute Gasteiger partial charge is 0.388 e. The minimum absolute atomic E-state index is 0.0936. The van der Waals surface area contributed by atoms with Crippen LogP contribution in [-0.2, 0) is 4.79 Å². The molecule has 1 aromatic heterocycles. The molecule has 1 aromatic rings. The summed E-state index contributed by atoms with van der Waals surface area (Å²) < 4.78 is 0. The predicted octanol–water partition coefficient (Wildman–Crippen LogP) is -0.576. The van der Waals surface area contributed by atoms with Gasteiger partial charge in [-0.25, -0.2) is 0 Å². The Balaban J connectivity index is 2.77. The summed E-state index contributed by atoms with van der Waals surface area (Å²) in [6, 6.07) is 1.44. The van der Waals surface area contributed by atoms with E-state index in [1.54, 1.807) is 0 Å². The predicted molar refractivity (Wildman–Crippen MR) is 59.3 cm³/mol. The molecule has 17 heavy (non-hydrogen) atoms. The third kappa shape index (κ3) is 3.61. The number of aliphatic hydroxyl groups is 2. The highest BCUT2D eigenvalue weighted by Crippen LogP contribution is 2.18. The van der Waals surface area contributed by atoms with Gasteiger partial charge in [0.1, 0.15) is 12.2 Å². The van der Waals surface area contributed by atoms with Gasteiger partial charge in [0, 0.05) is 37.0 Å². The number of amides is 1. The van der Waals surface area contributed by atoms with E-state index < -0.39 is 12.2 Å². The minimum atomic E-state index is -1.27. The molecule has 1 amide bonds. The first-order valence-electron chi connectivity index (χ1n) is 5.06. The van der Waals surface area contributed by atoms with Crippen LogP contribution in [0.4, 0.5) is 0 Å². The Labute approximate surface area is 98.3 Å². The number of carbonyl (C=O) groups excluding carboxylic acids is 2. The van der Waals surface area contributed by atoms with Crippen LogP contribution < -0.4 is 5.32 Å². The number of hydrogen-bond acceptors (Lipinski definition) is 5. The lowest BCUT2D eigenvalue weighted by molar-refractivity contribution is -0.119. The van der Waals surface area contributed by atoms with E-state index in [4.69, 9.17) is 0 Å². The van der Waals surface area contributed by atoms with E-state index >= 15 is 0 Å². The Morgan fingerprint density at radius 1 is 1.59 bits per heavy atom.